The van der Waals surface area contributed by atoms with Crippen LogP contribution in [0, 0.1) is 6.92 Å². The second-order valence-corrected chi connectivity index (χ2v) is 9.15. The van der Waals surface area contributed by atoms with Crippen molar-refractivity contribution in [2.24, 2.45) is 0 Å². The molecule has 1 aromatic heterocycles. The first-order valence-corrected chi connectivity index (χ1v) is 12.2. The Morgan fingerprint density at radius 3 is 2.91 bits per heavy atom. The number of fused-ring (bicyclic) bond motifs is 1. The largest absolute Gasteiger partial charge is 0.376 e. The molecule has 168 valence electrons. The van der Waals surface area contributed by atoms with Crippen molar-refractivity contribution in [2.75, 3.05) is 13.2 Å². The first kappa shape index (κ1) is 22.6. The fraction of sp³-hybridized carbons (Fsp3) is 0.400. The highest BCUT2D eigenvalue weighted by atomic mass is 32.2. The van der Waals surface area contributed by atoms with Crippen LogP contribution >= 0.6 is 11.8 Å². The number of hydrogen-bond donors (Lipinski definition) is 1. The summed E-state index contributed by atoms with van der Waals surface area (Å²) in [6.07, 6.45) is 2.86. The zero-order chi connectivity index (χ0) is 22.5. The Hall–Kier alpha value is -2.64. The molecule has 0 saturated carbocycles. The van der Waals surface area contributed by atoms with E-state index in [2.05, 4.69) is 30.4 Å². The molecule has 1 saturated heterocycles. The average Bonchev–Trinajstić information content (AvgIpc) is 3.31. The Morgan fingerprint density at radius 1 is 1.28 bits per heavy atom. The van der Waals surface area contributed by atoms with E-state index in [1.165, 1.54) is 11.1 Å². The zero-order valence-electron chi connectivity index (χ0n) is 18.6. The summed E-state index contributed by atoms with van der Waals surface area (Å²) in [4.78, 5) is 30.7. The standard InChI is InChI=1S/C25H29N3O3S/c1-3-11-26-23(29)19-9-10-21-22(14-19)27-25(32-16-18-7-4-6-17(2)13-18)28(24(21)30)15-20-8-5-12-31-20/h4,6-7,9-10,13-14,20H,3,5,8,11-12,15-16H2,1-2H3,(H,26,29)/t20-/m0/s1. The van der Waals surface area contributed by atoms with Crippen molar-refractivity contribution in [2.45, 2.75) is 56.7 Å². The quantitative estimate of drug-likeness (QED) is 0.408. The number of carbonyl (C=O) groups excluding carboxylic acids is 1. The van der Waals surface area contributed by atoms with Gasteiger partial charge in [0.25, 0.3) is 11.5 Å². The van der Waals surface area contributed by atoms with E-state index < -0.39 is 0 Å². The molecule has 1 amide bonds. The summed E-state index contributed by atoms with van der Waals surface area (Å²) in [5.41, 5.74) is 3.37. The SMILES string of the molecule is CCCNC(=O)c1ccc2c(=O)n(C[C@@H]3CCCO3)c(SCc3cccc(C)c3)nc2c1. The maximum atomic E-state index is 13.4. The Morgan fingerprint density at radius 2 is 2.16 bits per heavy atom. The van der Waals surface area contributed by atoms with E-state index in [-0.39, 0.29) is 17.6 Å². The van der Waals surface area contributed by atoms with Crippen molar-refractivity contribution in [3.63, 3.8) is 0 Å². The van der Waals surface area contributed by atoms with Gasteiger partial charge >= 0.3 is 0 Å². The van der Waals surface area contributed by atoms with Gasteiger partial charge in [-0.25, -0.2) is 4.98 Å². The van der Waals surface area contributed by atoms with E-state index in [9.17, 15) is 9.59 Å². The molecular formula is C25H29N3O3S. The number of hydrogen-bond acceptors (Lipinski definition) is 5. The molecule has 32 heavy (non-hydrogen) atoms. The second-order valence-electron chi connectivity index (χ2n) is 8.21. The summed E-state index contributed by atoms with van der Waals surface area (Å²) in [6.45, 7) is 5.93. The Labute approximate surface area is 192 Å². The lowest BCUT2D eigenvalue weighted by Gasteiger charge is -2.17. The van der Waals surface area contributed by atoms with Crippen molar-refractivity contribution < 1.29 is 9.53 Å². The second kappa shape index (κ2) is 10.3. The minimum Gasteiger partial charge on any atom is -0.376 e. The zero-order valence-corrected chi connectivity index (χ0v) is 19.4. The number of benzene rings is 2. The van der Waals surface area contributed by atoms with E-state index >= 15 is 0 Å². The molecule has 7 heteroatoms. The van der Waals surface area contributed by atoms with Crippen molar-refractivity contribution in [3.05, 3.63) is 69.5 Å². The van der Waals surface area contributed by atoms with Gasteiger partial charge in [0.1, 0.15) is 0 Å². The van der Waals surface area contributed by atoms with Crippen molar-refractivity contribution in [1.82, 2.24) is 14.9 Å². The predicted molar refractivity (Wildman–Crippen MR) is 128 cm³/mol. The molecule has 2 aromatic carbocycles. The lowest BCUT2D eigenvalue weighted by Crippen LogP contribution is -2.29. The number of thioether (sulfide) groups is 1. The van der Waals surface area contributed by atoms with Crippen LogP contribution in [-0.2, 0) is 17.0 Å². The molecule has 0 aliphatic carbocycles. The summed E-state index contributed by atoms with van der Waals surface area (Å²) >= 11 is 1.55. The monoisotopic (exact) mass is 451 g/mol. The normalized spacial score (nSPS) is 15.9. The number of rotatable bonds is 8. The highest BCUT2D eigenvalue weighted by Crippen LogP contribution is 2.25. The maximum Gasteiger partial charge on any atom is 0.262 e. The molecular weight excluding hydrogens is 422 g/mol. The van der Waals surface area contributed by atoms with Crippen LogP contribution in [0.25, 0.3) is 10.9 Å². The highest BCUT2D eigenvalue weighted by Gasteiger charge is 2.21. The first-order valence-electron chi connectivity index (χ1n) is 11.2. The van der Waals surface area contributed by atoms with Crippen LogP contribution in [0.2, 0.25) is 0 Å². The van der Waals surface area contributed by atoms with Gasteiger partial charge in [-0.3, -0.25) is 14.2 Å². The molecule has 2 heterocycles. The van der Waals surface area contributed by atoms with E-state index in [1.807, 2.05) is 13.0 Å². The summed E-state index contributed by atoms with van der Waals surface area (Å²) in [5, 5.41) is 4.06. The minimum absolute atomic E-state index is 0.0318. The first-order chi connectivity index (χ1) is 15.5. The highest BCUT2D eigenvalue weighted by molar-refractivity contribution is 7.98. The third-order valence-electron chi connectivity index (χ3n) is 5.58. The van der Waals surface area contributed by atoms with Crippen LogP contribution in [0.5, 0.6) is 0 Å². The van der Waals surface area contributed by atoms with Gasteiger partial charge in [-0.15, -0.1) is 0 Å². The van der Waals surface area contributed by atoms with Gasteiger partial charge in [0, 0.05) is 24.5 Å². The molecule has 1 aliphatic heterocycles. The number of ether oxygens (including phenoxy) is 1. The molecule has 1 fully saturated rings. The lowest BCUT2D eigenvalue weighted by molar-refractivity contribution is 0.0937. The molecule has 3 aromatic rings. The summed E-state index contributed by atoms with van der Waals surface area (Å²) in [6, 6.07) is 13.5. The van der Waals surface area contributed by atoms with Gasteiger partial charge in [-0.2, -0.15) is 0 Å². The number of carbonyl (C=O) groups is 1. The minimum atomic E-state index is -0.145. The average molecular weight is 452 g/mol. The summed E-state index contributed by atoms with van der Waals surface area (Å²) in [5.74, 6) is 0.565. The fourth-order valence-corrected chi connectivity index (χ4v) is 4.85. The van der Waals surface area contributed by atoms with Crippen LogP contribution in [0.15, 0.2) is 52.4 Å². The van der Waals surface area contributed by atoms with Crippen molar-refractivity contribution in [1.29, 1.82) is 0 Å². The van der Waals surface area contributed by atoms with Gasteiger partial charge in [-0.05, 0) is 49.9 Å². The van der Waals surface area contributed by atoms with Crippen molar-refractivity contribution >= 4 is 28.6 Å². The van der Waals surface area contributed by atoms with Crippen molar-refractivity contribution in [3.8, 4) is 0 Å². The van der Waals surface area contributed by atoms with Gasteiger partial charge in [0.05, 0.1) is 23.6 Å². The van der Waals surface area contributed by atoms with Crippen LogP contribution in [0.4, 0.5) is 0 Å². The predicted octanol–water partition coefficient (Wildman–Crippen LogP) is 4.32. The van der Waals surface area contributed by atoms with Gasteiger partial charge < -0.3 is 10.1 Å². The topological polar surface area (TPSA) is 73.2 Å². The van der Waals surface area contributed by atoms with E-state index in [1.54, 1.807) is 34.5 Å². The molecule has 1 aliphatic rings. The Kier molecular flexibility index (Phi) is 7.27. The van der Waals surface area contributed by atoms with Gasteiger partial charge in [0.15, 0.2) is 5.16 Å². The van der Waals surface area contributed by atoms with Gasteiger partial charge in [0.2, 0.25) is 0 Å². The van der Waals surface area contributed by atoms with Crippen LogP contribution in [0.3, 0.4) is 0 Å². The number of aryl methyl sites for hydroxylation is 1. The lowest BCUT2D eigenvalue weighted by atomic mass is 10.1. The van der Waals surface area contributed by atoms with E-state index in [0.717, 1.165) is 25.9 Å². The Bertz CT molecular complexity index is 1170. The molecule has 0 unspecified atom stereocenters. The van der Waals surface area contributed by atoms with Crippen LogP contribution in [-0.4, -0.2) is 34.7 Å². The van der Waals surface area contributed by atoms with Gasteiger partial charge in [-0.1, -0.05) is 48.5 Å². The smallest absolute Gasteiger partial charge is 0.262 e. The number of nitrogens with zero attached hydrogens (tertiary/aromatic N) is 2. The van der Waals surface area contributed by atoms with E-state index in [0.29, 0.717) is 40.5 Å². The number of nitrogens with one attached hydrogen (secondary N) is 1. The van der Waals surface area contributed by atoms with E-state index in [4.69, 9.17) is 9.72 Å². The van der Waals surface area contributed by atoms with Crippen LogP contribution in [0.1, 0.15) is 47.7 Å². The maximum absolute atomic E-state index is 13.4. The molecule has 0 spiro atoms. The fourth-order valence-electron chi connectivity index (χ4n) is 3.90. The molecule has 0 bridgehead atoms. The number of aromatic nitrogens is 2. The summed E-state index contributed by atoms with van der Waals surface area (Å²) < 4.78 is 7.54. The molecule has 4 rings (SSSR count). The van der Waals surface area contributed by atoms with Crippen LogP contribution < -0.4 is 10.9 Å². The molecule has 1 atom stereocenters. The summed E-state index contributed by atoms with van der Waals surface area (Å²) in [7, 11) is 0. The Balaban J connectivity index is 1.70. The third kappa shape index (κ3) is 5.22. The third-order valence-corrected chi connectivity index (χ3v) is 6.63. The molecule has 6 nitrogen and oxygen atoms in total. The number of amides is 1. The molecule has 0 radical (unpaired) electrons. The molecule has 1 N–H and O–H groups in total.